The summed E-state index contributed by atoms with van der Waals surface area (Å²) < 4.78 is 0. The standard InChI is InChI=1S/C15H22N2O3/c1-9(2)7-11-5-6-12(15(16)18)13(8-10(3)4)14(11)17(19)20/h5-6,9-10H,7-8H2,1-4H3,(H2,16,18). The summed E-state index contributed by atoms with van der Waals surface area (Å²) in [5, 5.41) is 11.4. The van der Waals surface area contributed by atoms with Gasteiger partial charge in [-0.15, -0.1) is 0 Å². The first-order chi connectivity index (χ1) is 9.23. The van der Waals surface area contributed by atoms with E-state index in [2.05, 4.69) is 0 Å². The van der Waals surface area contributed by atoms with Gasteiger partial charge in [-0.25, -0.2) is 0 Å². The van der Waals surface area contributed by atoms with Gasteiger partial charge in [-0.05, 0) is 30.7 Å². The lowest BCUT2D eigenvalue weighted by Crippen LogP contribution is -2.17. The molecule has 5 heteroatoms. The van der Waals surface area contributed by atoms with Crippen LogP contribution in [0.5, 0.6) is 0 Å². The van der Waals surface area contributed by atoms with Crippen LogP contribution in [-0.2, 0) is 12.8 Å². The molecule has 0 aliphatic rings. The highest BCUT2D eigenvalue weighted by Gasteiger charge is 2.25. The van der Waals surface area contributed by atoms with Crippen LogP contribution in [0.4, 0.5) is 5.69 Å². The number of nitrogens with two attached hydrogens (primary N) is 1. The van der Waals surface area contributed by atoms with E-state index in [0.29, 0.717) is 29.9 Å². The lowest BCUT2D eigenvalue weighted by atomic mass is 9.90. The number of carbonyl (C=O) groups excluding carboxylic acids is 1. The normalized spacial score (nSPS) is 11.1. The van der Waals surface area contributed by atoms with E-state index in [1.165, 1.54) is 0 Å². The lowest BCUT2D eigenvalue weighted by Gasteiger charge is -2.14. The second-order valence-electron chi connectivity index (χ2n) is 5.92. The lowest BCUT2D eigenvalue weighted by molar-refractivity contribution is -0.386. The maximum absolute atomic E-state index is 11.5. The Labute approximate surface area is 119 Å². The van der Waals surface area contributed by atoms with Crippen LogP contribution in [0.3, 0.4) is 0 Å². The van der Waals surface area contributed by atoms with E-state index in [1.807, 2.05) is 27.7 Å². The number of carbonyl (C=O) groups is 1. The summed E-state index contributed by atoms with van der Waals surface area (Å²) in [6.07, 6.45) is 1.08. The fourth-order valence-corrected chi connectivity index (χ4v) is 2.36. The van der Waals surface area contributed by atoms with Crippen LogP contribution in [0.15, 0.2) is 12.1 Å². The molecule has 0 unspecified atom stereocenters. The zero-order chi connectivity index (χ0) is 15.4. The Morgan fingerprint density at radius 3 is 2.15 bits per heavy atom. The van der Waals surface area contributed by atoms with Crippen LogP contribution in [0.2, 0.25) is 0 Å². The molecule has 5 nitrogen and oxygen atoms in total. The number of nitrogens with zero attached hydrogens (tertiary/aromatic N) is 1. The summed E-state index contributed by atoms with van der Waals surface area (Å²) in [4.78, 5) is 22.6. The van der Waals surface area contributed by atoms with Gasteiger partial charge in [-0.1, -0.05) is 33.8 Å². The van der Waals surface area contributed by atoms with Gasteiger partial charge >= 0.3 is 0 Å². The molecule has 0 saturated heterocycles. The highest BCUT2D eigenvalue weighted by molar-refractivity contribution is 5.95. The minimum atomic E-state index is -0.611. The number of amides is 1. The molecule has 0 spiro atoms. The summed E-state index contributed by atoms with van der Waals surface area (Å²) in [6.45, 7) is 7.94. The summed E-state index contributed by atoms with van der Waals surface area (Å²) in [7, 11) is 0. The van der Waals surface area contributed by atoms with Crippen LogP contribution >= 0.6 is 0 Å². The number of benzene rings is 1. The van der Waals surface area contributed by atoms with Crippen molar-refractivity contribution < 1.29 is 9.72 Å². The molecule has 0 atom stereocenters. The minimum absolute atomic E-state index is 0.0590. The molecule has 0 aliphatic heterocycles. The van der Waals surface area contributed by atoms with E-state index >= 15 is 0 Å². The molecule has 0 saturated carbocycles. The number of nitro benzene ring substituents is 1. The van der Waals surface area contributed by atoms with Crippen LogP contribution in [0.1, 0.15) is 49.2 Å². The third-order valence-electron chi connectivity index (χ3n) is 3.05. The summed E-state index contributed by atoms with van der Waals surface area (Å²) in [5.74, 6) is -0.0963. The average Bonchev–Trinajstić information content (AvgIpc) is 2.26. The van der Waals surface area contributed by atoms with Gasteiger partial charge in [0.15, 0.2) is 0 Å². The second kappa shape index (κ2) is 6.50. The van der Waals surface area contributed by atoms with Crippen molar-refractivity contribution in [1.82, 2.24) is 0 Å². The maximum atomic E-state index is 11.5. The molecular formula is C15H22N2O3. The molecule has 20 heavy (non-hydrogen) atoms. The first-order valence-corrected chi connectivity index (χ1v) is 6.83. The van der Waals surface area contributed by atoms with Crippen molar-refractivity contribution in [3.8, 4) is 0 Å². The Hall–Kier alpha value is -1.91. The Bertz CT molecular complexity index is 522. The number of primary amides is 1. The van der Waals surface area contributed by atoms with E-state index < -0.39 is 5.91 Å². The molecule has 1 amide bonds. The molecule has 0 fully saturated rings. The topological polar surface area (TPSA) is 86.2 Å². The van der Waals surface area contributed by atoms with Crippen LogP contribution in [0.25, 0.3) is 0 Å². The fourth-order valence-electron chi connectivity index (χ4n) is 2.36. The van der Waals surface area contributed by atoms with E-state index in [0.717, 1.165) is 0 Å². The van der Waals surface area contributed by atoms with Crippen molar-refractivity contribution in [3.05, 3.63) is 38.9 Å². The predicted molar refractivity (Wildman–Crippen MR) is 78.7 cm³/mol. The average molecular weight is 278 g/mol. The highest BCUT2D eigenvalue weighted by Crippen LogP contribution is 2.31. The van der Waals surface area contributed by atoms with Gasteiger partial charge < -0.3 is 5.73 Å². The summed E-state index contributed by atoms with van der Waals surface area (Å²) in [6, 6.07) is 3.27. The number of rotatable bonds is 6. The Morgan fingerprint density at radius 2 is 1.75 bits per heavy atom. The van der Waals surface area contributed by atoms with Crippen molar-refractivity contribution in [2.75, 3.05) is 0 Å². The van der Waals surface area contributed by atoms with Crippen molar-refractivity contribution in [2.24, 2.45) is 17.6 Å². The molecule has 0 heterocycles. The van der Waals surface area contributed by atoms with E-state index in [-0.39, 0.29) is 22.1 Å². The first-order valence-electron chi connectivity index (χ1n) is 6.83. The van der Waals surface area contributed by atoms with Crippen LogP contribution in [0, 0.1) is 22.0 Å². The smallest absolute Gasteiger partial charge is 0.276 e. The fraction of sp³-hybridized carbons (Fsp3) is 0.533. The van der Waals surface area contributed by atoms with E-state index in [1.54, 1.807) is 12.1 Å². The number of hydrogen-bond donors (Lipinski definition) is 1. The molecule has 1 aromatic carbocycles. The Kier molecular flexibility index (Phi) is 5.25. The Morgan fingerprint density at radius 1 is 1.20 bits per heavy atom. The first kappa shape index (κ1) is 16.1. The second-order valence-corrected chi connectivity index (χ2v) is 5.92. The van der Waals surface area contributed by atoms with Gasteiger partial charge in [-0.3, -0.25) is 14.9 Å². The van der Waals surface area contributed by atoms with Crippen molar-refractivity contribution in [3.63, 3.8) is 0 Å². The van der Waals surface area contributed by atoms with Crippen molar-refractivity contribution >= 4 is 11.6 Å². The molecule has 0 aliphatic carbocycles. The Balaban J connectivity index is 3.51. The quantitative estimate of drug-likeness (QED) is 0.640. The summed E-state index contributed by atoms with van der Waals surface area (Å²) in [5.41, 5.74) is 6.81. The van der Waals surface area contributed by atoms with Crippen LogP contribution < -0.4 is 5.73 Å². The third-order valence-corrected chi connectivity index (χ3v) is 3.05. The zero-order valence-electron chi connectivity index (χ0n) is 12.5. The molecule has 0 aromatic heterocycles. The SMILES string of the molecule is CC(C)Cc1ccc(C(N)=O)c(CC(C)C)c1[N+](=O)[O-]. The van der Waals surface area contributed by atoms with Gasteiger partial charge in [-0.2, -0.15) is 0 Å². The largest absolute Gasteiger partial charge is 0.366 e. The van der Waals surface area contributed by atoms with E-state index in [4.69, 9.17) is 5.73 Å². The number of hydrogen-bond acceptors (Lipinski definition) is 3. The summed E-state index contributed by atoms with van der Waals surface area (Å²) >= 11 is 0. The molecule has 0 radical (unpaired) electrons. The number of nitro groups is 1. The molecule has 1 rings (SSSR count). The zero-order valence-corrected chi connectivity index (χ0v) is 12.5. The molecular weight excluding hydrogens is 256 g/mol. The predicted octanol–water partition coefficient (Wildman–Crippen LogP) is 3.09. The van der Waals surface area contributed by atoms with Crippen LogP contribution in [-0.4, -0.2) is 10.8 Å². The molecule has 1 aromatic rings. The minimum Gasteiger partial charge on any atom is -0.366 e. The maximum Gasteiger partial charge on any atom is 0.276 e. The highest BCUT2D eigenvalue weighted by atomic mass is 16.6. The van der Waals surface area contributed by atoms with Crippen molar-refractivity contribution in [2.45, 2.75) is 40.5 Å². The van der Waals surface area contributed by atoms with Gasteiger partial charge in [0, 0.05) is 16.7 Å². The molecule has 0 bridgehead atoms. The third kappa shape index (κ3) is 3.79. The van der Waals surface area contributed by atoms with E-state index in [9.17, 15) is 14.9 Å². The monoisotopic (exact) mass is 278 g/mol. The van der Waals surface area contributed by atoms with Gasteiger partial charge in [0.2, 0.25) is 5.91 Å². The molecule has 110 valence electrons. The molecule has 2 N–H and O–H groups in total. The van der Waals surface area contributed by atoms with Gasteiger partial charge in [0.25, 0.3) is 5.69 Å². The van der Waals surface area contributed by atoms with Gasteiger partial charge in [0.1, 0.15) is 0 Å². The van der Waals surface area contributed by atoms with Crippen molar-refractivity contribution in [1.29, 1.82) is 0 Å². The van der Waals surface area contributed by atoms with Gasteiger partial charge in [0.05, 0.1) is 4.92 Å².